The highest BCUT2D eigenvalue weighted by Gasteiger charge is 2.29. The molecule has 2 rings (SSSR count). The maximum absolute atomic E-state index is 11.9. The molecule has 1 aromatic heterocycles. The summed E-state index contributed by atoms with van der Waals surface area (Å²) in [5, 5.41) is 14.2. The Labute approximate surface area is 96.0 Å². The van der Waals surface area contributed by atoms with Crippen LogP contribution in [0.15, 0.2) is 5.38 Å². The standard InChI is InChI=1S/C9H11N3O3S/c13-8(7-5-16-11-10-7)12-3-1-2-6(4-12)9(14)15/h5-6H,1-4H2,(H,14,15)/t6-/m0/s1. The average molecular weight is 241 g/mol. The third kappa shape index (κ3) is 2.19. The summed E-state index contributed by atoms with van der Waals surface area (Å²) in [7, 11) is 0. The molecule has 0 saturated carbocycles. The topological polar surface area (TPSA) is 83.4 Å². The van der Waals surface area contributed by atoms with Crippen LogP contribution in [0.25, 0.3) is 0 Å². The number of nitrogens with zero attached hydrogens (tertiary/aromatic N) is 3. The average Bonchev–Trinajstić information content (AvgIpc) is 2.81. The fraction of sp³-hybridized carbons (Fsp3) is 0.556. The summed E-state index contributed by atoms with van der Waals surface area (Å²) in [5.74, 6) is -1.52. The van der Waals surface area contributed by atoms with E-state index in [0.717, 1.165) is 18.0 Å². The number of hydrogen-bond acceptors (Lipinski definition) is 5. The van der Waals surface area contributed by atoms with Crippen molar-refractivity contribution in [2.75, 3.05) is 13.1 Å². The lowest BCUT2D eigenvalue weighted by Crippen LogP contribution is -2.42. The Bertz CT molecular complexity index is 393. The summed E-state index contributed by atoms with van der Waals surface area (Å²) in [6.45, 7) is 0.867. The number of hydrogen-bond donors (Lipinski definition) is 1. The maximum Gasteiger partial charge on any atom is 0.308 e. The number of carbonyl (C=O) groups is 2. The molecule has 1 amide bonds. The lowest BCUT2D eigenvalue weighted by Gasteiger charge is -2.29. The molecule has 1 aromatic rings. The molecular weight excluding hydrogens is 230 g/mol. The van der Waals surface area contributed by atoms with Gasteiger partial charge in [-0.3, -0.25) is 9.59 Å². The molecule has 0 aromatic carbocycles. The van der Waals surface area contributed by atoms with E-state index in [-0.39, 0.29) is 12.5 Å². The van der Waals surface area contributed by atoms with Crippen molar-refractivity contribution < 1.29 is 14.7 Å². The lowest BCUT2D eigenvalue weighted by atomic mass is 9.98. The van der Waals surface area contributed by atoms with Gasteiger partial charge in [0.2, 0.25) is 0 Å². The second kappa shape index (κ2) is 4.56. The quantitative estimate of drug-likeness (QED) is 0.814. The predicted octanol–water partition coefficient (Wildman–Crippen LogP) is 0.475. The summed E-state index contributed by atoms with van der Waals surface area (Å²) in [5.41, 5.74) is 0.302. The smallest absolute Gasteiger partial charge is 0.308 e. The predicted molar refractivity (Wildman–Crippen MR) is 56.2 cm³/mol. The molecule has 0 spiro atoms. The SMILES string of the molecule is O=C(O)[C@H]1CCCN(C(=O)c2csnn2)C1. The third-order valence-electron chi connectivity index (χ3n) is 2.64. The van der Waals surface area contributed by atoms with Crippen LogP contribution in [0.4, 0.5) is 0 Å². The van der Waals surface area contributed by atoms with E-state index in [4.69, 9.17) is 5.11 Å². The van der Waals surface area contributed by atoms with Crippen LogP contribution in [0.2, 0.25) is 0 Å². The van der Waals surface area contributed by atoms with Crippen LogP contribution in [-0.4, -0.2) is 44.6 Å². The summed E-state index contributed by atoms with van der Waals surface area (Å²) in [4.78, 5) is 24.3. The first-order chi connectivity index (χ1) is 7.68. The van der Waals surface area contributed by atoms with Gasteiger partial charge >= 0.3 is 5.97 Å². The van der Waals surface area contributed by atoms with Crippen molar-refractivity contribution >= 4 is 23.4 Å². The highest BCUT2D eigenvalue weighted by atomic mass is 32.1. The minimum absolute atomic E-state index is 0.222. The van der Waals surface area contributed by atoms with Gasteiger partial charge in [-0.2, -0.15) is 0 Å². The molecule has 86 valence electrons. The molecule has 1 N–H and O–H groups in total. The number of aliphatic carboxylic acids is 1. The number of amides is 1. The number of piperidine rings is 1. The molecule has 0 radical (unpaired) electrons. The molecule has 2 heterocycles. The number of rotatable bonds is 2. The summed E-state index contributed by atoms with van der Waals surface area (Å²) < 4.78 is 3.62. The van der Waals surface area contributed by atoms with Crippen LogP contribution in [0.1, 0.15) is 23.3 Å². The Morgan fingerprint density at radius 2 is 2.38 bits per heavy atom. The molecule has 0 aliphatic carbocycles. The second-order valence-corrected chi connectivity index (χ2v) is 4.33. The molecule has 1 aliphatic heterocycles. The molecule has 6 nitrogen and oxygen atoms in total. The first-order valence-corrected chi connectivity index (χ1v) is 5.81. The van der Waals surface area contributed by atoms with Crippen LogP contribution in [0, 0.1) is 5.92 Å². The number of likely N-dealkylation sites (tertiary alicyclic amines) is 1. The van der Waals surface area contributed by atoms with Gasteiger partial charge in [-0.05, 0) is 24.4 Å². The van der Waals surface area contributed by atoms with Crippen molar-refractivity contribution in [1.82, 2.24) is 14.5 Å². The van der Waals surface area contributed by atoms with Crippen molar-refractivity contribution in [2.45, 2.75) is 12.8 Å². The fourth-order valence-electron chi connectivity index (χ4n) is 1.78. The lowest BCUT2D eigenvalue weighted by molar-refractivity contribution is -0.143. The summed E-state index contributed by atoms with van der Waals surface area (Å²) >= 11 is 1.11. The fourth-order valence-corrected chi connectivity index (χ4v) is 2.21. The number of carbonyl (C=O) groups excluding carboxylic acids is 1. The van der Waals surface area contributed by atoms with Gasteiger partial charge in [0.25, 0.3) is 5.91 Å². The number of carboxylic acids is 1. The van der Waals surface area contributed by atoms with Gasteiger partial charge in [-0.25, -0.2) is 0 Å². The van der Waals surface area contributed by atoms with Crippen molar-refractivity contribution in [3.8, 4) is 0 Å². The molecule has 0 bridgehead atoms. The second-order valence-electron chi connectivity index (χ2n) is 3.72. The normalized spacial score (nSPS) is 20.8. The van der Waals surface area contributed by atoms with Gasteiger partial charge in [0, 0.05) is 18.5 Å². The van der Waals surface area contributed by atoms with Gasteiger partial charge in [0.05, 0.1) is 5.92 Å². The summed E-state index contributed by atoms with van der Waals surface area (Å²) in [6.07, 6.45) is 1.36. The van der Waals surface area contributed by atoms with Crippen molar-refractivity contribution in [2.24, 2.45) is 5.92 Å². The van der Waals surface area contributed by atoms with Gasteiger partial charge in [0.15, 0.2) is 5.69 Å². The monoisotopic (exact) mass is 241 g/mol. The van der Waals surface area contributed by atoms with E-state index in [1.54, 1.807) is 10.3 Å². The van der Waals surface area contributed by atoms with Crippen LogP contribution < -0.4 is 0 Å². The van der Waals surface area contributed by atoms with E-state index < -0.39 is 11.9 Å². The van der Waals surface area contributed by atoms with E-state index in [2.05, 4.69) is 9.59 Å². The largest absolute Gasteiger partial charge is 0.481 e. The van der Waals surface area contributed by atoms with Gasteiger partial charge in [0.1, 0.15) is 0 Å². The molecule has 1 saturated heterocycles. The first kappa shape index (κ1) is 11.0. The van der Waals surface area contributed by atoms with Crippen molar-refractivity contribution in [3.63, 3.8) is 0 Å². The zero-order chi connectivity index (χ0) is 11.5. The minimum Gasteiger partial charge on any atom is -0.481 e. The molecule has 16 heavy (non-hydrogen) atoms. The minimum atomic E-state index is -0.839. The zero-order valence-electron chi connectivity index (χ0n) is 8.50. The van der Waals surface area contributed by atoms with Crippen LogP contribution in [0.3, 0.4) is 0 Å². The van der Waals surface area contributed by atoms with Crippen molar-refractivity contribution in [1.29, 1.82) is 0 Å². The Kier molecular flexibility index (Phi) is 3.14. The molecule has 1 aliphatic rings. The Morgan fingerprint density at radius 3 is 3.00 bits per heavy atom. The van der Waals surface area contributed by atoms with E-state index >= 15 is 0 Å². The third-order valence-corrected chi connectivity index (χ3v) is 3.14. The van der Waals surface area contributed by atoms with Crippen molar-refractivity contribution in [3.05, 3.63) is 11.1 Å². The number of aromatic nitrogens is 2. The summed E-state index contributed by atoms with van der Waals surface area (Å²) in [6, 6.07) is 0. The van der Waals surface area contributed by atoms with Crippen LogP contribution >= 0.6 is 11.5 Å². The van der Waals surface area contributed by atoms with Crippen LogP contribution in [0.5, 0.6) is 0 Å². The van der Waals surface area contributed by atoms with E-state index in [1.165, 1.54) is 0 Å². The van der Waals surface area contributed by atoms with E-state index in [1.807, 2.05) is 0 Å². The van der Waals surface area contributed by atoms with E-state index in [9.17, 15) is 9.59 Å². The molecule has 0 unspecified atom stereocenters. The Balaban J connectivity index is 2.05. The van der Waals surface area contributed by atoms with Crippen LogP contribution in [-0.2, 0) is 4.79 Å². The first-order valence-electron chi connectivity index (χ1n) is 4.97. The Morgan fingerprint density at radius 1 is 1.56 bits per heavy atom. The zero-order valence-corrected chi connectivity index (χ0v) is 9.31. The van der Waals surface area contributed by atoms with Gasteiger partial charge < -0.3 is 10.0 Å². The number of carboxylic acid groups (broad SMARTS) is 1. The highest BCUT2D eigenvalue weighted by molar-refractivity contribution is 7.03. The highest BCUT2D eigenvalue weighted by Crippen LogP contribution is 2.18. The molecular formula is C9H11N3O3S. The molecule has 7 heteroatoms. The molecule has 1 fully saturated rings. The Hall–Kier alpha value is -1.50. The maximum atomic E-state index is 11.9. The van der Waals surface area contributed by atoms with Gasteiger partial charge in [-0.15, -0.1) is 5.10 Å². The molecule has 1 atom stereocenters. The van der Waals surface area contributed by atoms with E-state index in [0.29, 0.717) is 18.7 Å². The van der Waals surface area contributed by atoms with Gasteiger partial charge in [-0.1, -0.05) is 4.49 Å².